The maximum Gasteiger partial charge on any atom is 0.228 e. The molecule has 5 aromatic carbocycles. The Hall–Kier alpha value is -5.88. The molecule has 45 heavy (non-hydrogen) atoms. The van der Waals surface area contributed by atoms with E-state index in [1.807, 2.05) is 0 Å². The molecule has 0 fully saturated rings. The fourth-order valence-corrected chi connectivity index (χ4v) is 7.52. The van der Waals surface area contributed by atoms with Crippen molar-refractivity contribution in [3.63, 3.8) is 0 Å². The van der Waals surface area contributed by atoms with Gasteiger partial charge in [0.15, 0.2) is 0 Å². The summed E-state index contributed by atoms with van der Waals surface area (Å²) in [5.74, 6) is 1.49. The van der Waals surface area contributed by atoms with E-state index in [2.05, 4.69) is 152 Å². The molecule has 0 radical (unpaired) electrons. The molecule has 8 aromatic rings. The van der Waals surface area contributed by atoms with Crippen LogP contribution in [0.15, 0.2) is 137 Å². The summed E-state index contributed by atoms with van der Waals surface area (Å²) in [6.45, 7) is 0. The maximum absolute atomic E-state index is 5.44. The molecule has 1 aliphatic heterocycles. The number of allylic oxidation sites excluding steroid dienone is 1. The lowest BCUT2D eigenvalue weighted by Crippen LogP contribution is -2.43. The molecule has 6 nitrogen and oxygen atoms in total. The van der Waals surface area contributed by atoms with Gasteiger partial charge in [-0.15, -0.1) is 0 Å². The van der Waals surface area contributed by atoms with Crippen molar-refractivity contribution in [2.24, 2.45) is 9.98 Å². The zero-order valence-electron chi connectivity index (χ0n) is 24.4. The first-order chi connectivity index (χ1) is 22.3. The van der Waals surface area contributed by atoms with Gasteiger partial charge in [-0.3, -0.25) is 19.0 Å². The smallest absolute Gasteiger partial charge is 0.228 e. The van der Waals surface area contributed by atoms with Crippen LogP contribution in [0, 0.1) is 0 Å². The van der Waals surface area contributed by atoms with Gasteiger partial charge in [0.2, 0.25) is 18.2 Å². The molecular formula is C39H28N6. The van der Waals surface area contributed by atoms with Crippen LogP contribution in [-0.2, 0) is 6.42 Å². The summed E-state index contributed by atoms with van der Waals surface area (Å²) in [6, 6.07) is 43.0. The van der Waals surface area contributed by atoms with Crippen LogP contribution in [0.3, 0.4) is 0 Å². The number of fused-ring (bicyclic) bond motifs is 9. The maximum atomic E-state index is 5.44. The lowest BCUT2D eigenvalue weighted by Gasteiger charge is -2.26. The topological polar surface area (TPSA) is 51.5 Å². The first kappa shape index (κ1) is 24.6. The molecule has 0 spiro atoms. The van der Waals surface area contributed by atoms with Gasteiger partial charge in [0.25, 0.3) is 0 Å². The van der Waals surface area contributed by atoms with Crippen LogP contribution in [-0.4, -0.2) is 25.6 Å². The number of aryl methyl sites for hydroxylation is 1. The summed E-state index contributed by atoms with van der Waals surface area (Å²) in [7, 11) is 0. The Morgan fingerprint density at radius 1 is 0.511 bits per heavy atom. The summed E-state index contributed by atoms with van der Waals surface area (Å²) in [6.07, 6.45) is 6.06. The molecule has 3 aromatic heterocycles. The Kier molecular flexibility index (Phi) is 5.08. The lowest BCUT2D eigenvalue weighted by molar-refractivity contribution is 0.546. The van der Waals surface area contributed by atoms with Gasteiger partial charge >= 0.3 is 0 Å². The second-order valence-electron chi connectivity index (χ2n) is 11.8. The number of rotatable bonds is 1. The predicted molar refractivity (Wildman–Crippen MR) is 186 cm³/mol. The van der Waals surface area contributed by atoms with Crippen molar-refractivity contribution in [2.45, 2.75) is 19.1 Å². The number of benzene rings is 5. The Morgan fingerprint density at radius 3 is 1.42 bits per heavy atom. The van der Waals surface area contributed by atoms with Crippen LogP contribution >= 0.6 is 0 Å². The van der Waals surface area contributed by atoms with E-state index in [1.165, 1.54) is 38.2 Å². The van der Waals surface area contributed by atoms with Crippen molar-refractivity contribution in [3.05, 3.63) is 139 Å². The van der Waals surface area contributed by atoms with E-state index in [-0.39, 0.29) is 0 Å². The average molecular weight is 581 g/mol. The predicted octanol–water partition coefficient (Wildman–Crippen LogP) is 8.68. The third kappa shape index (κ3) is 3.45. The number of para-hydroxylation sites is 5. The molecule has 214 valence electrons. The lowest BCUT2D eigenvalue weighted by atomic mass is 10.0. The second-order valence-corrected chi connectivity index (χ2v) is 11.8. The average Bonchev–Trinajstić information content (AvgIpc) is 3.74. The van der Waals surface area contributed by atoms with E-state index in [0.29, 0.717) is 0 Å². The standard InChI is InChI=1S/C39H28N6/c1-7-19-31-25(13-1)26-14-2-8-20-32(26)43(31)37-40-38(44-33-21-9-3-15-27(33)28-16-4-10-22-34(28)44)42-39(41-37)45-35-23-11-5-17-29(35)30-18-6-12-24-36(30)45/h1-5,7-17,19-24,39H,6,18H2,(H,40,41,42). The zero-order chi connectivity index (χ0) is 29.5. The van der Waals surface area contributed by atoms with Crippen molar-refractivity contribution in [3.8, 4) is 0 Å². The minimum absolute atomic E-state index is 0.521. The minimum atomic E-state index is -0.521. The van der Waals surface area contributed by atoms with Crippen molar-refractivity contribution in [1.82, 2.24) is 19.0 Å². The molecule has 1 N–H and O–H groups in total. The molecule has 0 unspecified atom stereocenters. The molecule has 1 aliphatic carbocycles. The third-order valence-corrected chi connectivity index (χ3v) is 9.41. The number of aliphatic imine (C=N–C) groups is 2. The van der Waals surface area contributed by atoms with Crippen LogP contribution in [0.5, 0.6) is 0 Å². The first-order valence-electron chi connectivity index (χ1n) is 15.5. The number of hydrogen-bond acceptors (Lipinski definition) is 3. The summed E-state index contributed by atoms with van der Waals surface area (Å²) in [5, 5.41) is 9.80. The molecular weight excluding hydrogens is 552 g/mol. The molecule has 10 rings (SSSR count). The zero-order valence-corrected chi connectivity index (χ0v) is 24.4. The number of hydrogen-bond donors (Lipinski definition) is 1. The van der Waals surface area contributed by atoms with Crippen LogP contribution in [0.4, 0.5) is 0 Å². The Bertz CT molecular complexity index is 2350. The number of nitrogens with zero attached hydrogens (tertiary/aromatic N) is 5. The molecule has 0 atom stereocenters. The molecule has 6 heteroatoms. The van der Waals surface area contributed by atoms with Gasteiger partial charge in [-0.1, -0.05) is 97.1 Å². The summed E-state index contributed by atoms with van der Waals surface area (Å²) >= 11 is 0. The van der Waals surface area contributed by atoms with E-state index in [4.69, 9.17) is 9.98 Å². The van der Waals surface area contributed by atoms with Crippen LogP contribution in [0.2, 0.25) is 0 Å². The molecule has 4 heterocycles. The van der Waals surface area contributed by atoms with E-state index in [1.54, 1.807) is 0 Å². The van der Waals surface area contributed by atoms with Gasteiger partial charge in [0, 0.05) is 32.6 Å². The van der Waals surface area contributed by atoms with Crippen molar-refractivity contribution < 1.29 is 0 Å². The van der Waals surface area contributed by atoms with Gasteiger partial charge in [0.05, 0.1) is 27.6 Å². The minimum Gasteiger partial charge on any atom is -0.299 e. The largest absolute Gasteiger partial charge is 0.299 e. The van der Waals surface area contributed by atoms with Crippen LogP contribution in [0.1, 0.15) is 24.0 Å². The Labute approximate surface area is 258 Å². The molecule has 0 saturated carbocycles. The first-order valence-corrected chi connectivity index (χ1v) is 15.5. The highest BCUT2D eigenvalue weighted by Gasteiger charge is 2.29. The van der Waals surface area contributed by atoms with Crippen LogP contribution in [0.25, 0.3) is 60.6 Å². The highest BCUT2D eigenvalue weighted by molar-refractivity contribution is 6.19. The second kappa shape index (κ2) is 9.31. The van der Waals surface area contributed by atoms with Gasteiger partial charge in [-0.05, 0) is 54.8 Å². The highest BCUT2D eigenvalue weighted by Crippen LogP contribution is 2.37. The van der Waals surface area contributed by atoms with E-state index >= 15 is 0 Å². The molecule has 0 bridgehead atoms. The summed E-state index contributed by atoms with van der Waals surface area (Å²) in [5.41, 5.74) is 8.12. The van der Waals surface area contributed by atoms with E-state index < -0.39 is 6.29 Å². The quantitative estimate of drug-likeness (QED) is 0.208. The van der Waals surface area contributed by atoms with Crippen molar-refractivity contribution in [1.29, 1.82) is 0 Å². The van der Waals surface area contributed by atoms with Gasteiger partial charge in [-0.2, -0.15) is 0 Å². The summed E-state index contributed by atoms with van der Waals surface area (Å²) in [4.78, 5) is 10.9. The van der Waals surface area contributed by atoms with E-state index in [9.17, 15) is 0 Å². The fourth-order valence-electron chi connectivity index (χ4n) is 7.52. The van der Waals surface area contributed by atoms with Gasteiger partial charge in [-0.25, -0.2) is 9.98 Å². The monoisotopic (exact) mass is 580 g/mol. The SMILES string of the molecule is C1=Cc2c(c3ccccc3n2C2N=C(n3c4ccccc4c4ccccc43)NC(n3c4ccccc4c4ccccc43)=N2)CC1. The molecule has 2 aliphatic rings. The van der Waals surface area contributed by atoms with E-state index in [0.717, 1.165) is 52.3 Å². The normalized spacial score (nSPS) is 15.2. The van der Waals surface area contributed by atoms with Crippen molar-refractivity contribution in [2.75, 3.05) is 0 Å². The third-order valence-electron chi connectivity index (χ3n) is 9.41. The summed E-state index contributed by atoms with van der Waals surface area (Å²) < 4.78 is 6.84. The Morgan fingerprint density at radius 2 is 0.933 bits per heavy atom. The molecule has 0 amide bonds. The van der Waals surface area contributed by atoms with Crippen molar-refractivity contribution >= 4 is 72.5 Å². The molecule has 0 saturated heterocycles. The van der Waals surface area contributed by atoms with Gasteiger partial charge < -0.3 is 0 Å². The number of aromatic nitrogens is 3. The van der Waals surface area contributed by atoms with Crippen LogP contribution < -0.4 is 5.32 Å². The Balaban J connectivity index is 1.30. The highest BCUT2D eigenvalue weighted by atomic mass is 15.4. The van der Waals surface area contributed by atoms with Gasteiger partial charge in [0.1, 0.15) is 0 Å². The fraction of sp³-hybridized carbons (Fsp3) is 0.0769. The number of nitrogens with one attached hydrogen (secondary N) is 1.